The van der Waals surface area contributed by atoms with Crippen LogP contribution in [0.3, 0.4) is 0 Å². The molecule has 0 saturated heterocycles. The number of unbranched alkanes of at least 4 members (excludes halogenated alkanes) is 1. The second-order valence-corrected chi connectivity index (χ2v) is 3.41. The molecule has 0 unspecified atom stereocenters. The summed E-state index contributed by atoms with van der Waals surface area (Å²) in [6, 6.07) is 0. The van der Waals surface area contributed by atoms with Gasteiger partial charge >= 0.3 is 0 Å². The van der Waals surface area contributed by atoms with Crippen molar-refractivity contribution >= 4 is 5.91 Å². The number of nitrogens with one attached hydrogen (secondary N) is 1. The van der Waals surface area contributed by atoms with Gasteiger partial charge in [0.2, 0.25) is 5.91 Å². The lowest BCUT2D eigenvalue weighted by molar-refractivity contribution is -0.121. The number of methoxy groups -OCH3 is 1. The molecule has 0 atom stereocenters. The Morgan fingerprint density at radius 2 is 2.00 bits per heavy atom. The molecule has 0 bridgehead atoms. The van der Waals surface area contributed by atoms with Gasteiger partial charge in [0.1, 0.15) is 0 Å². The van der Waals surface area contributed by atoms with Gasteiger partial charge in [-0.1, -0.05) is 6.92 Å². The molecule has 0 aromatic carbocycles. The third kappa shape index (κ3) is 11.3. The van der Waals surface area contributed by atoms with Crippen LogP contribution in [0.2, 0.25) is 0 Å². The highest BCUT2D eigenvalue weighted by Crippen LogP contribution is 1.90. The largest absolute Gasteiger partial charge is 0.382 e. The molecule has 0 aliphatic heterocycles. The Hall–Kier alpha value is -0.610. The maximum atomic E-state index is 11.1. The Labute approximate surface area is 92.3 Å². The normalized spacial score (nSPS) is 10.3. The minimum absolute atomic E-state index is 0.151. The Kier molecular flexibility index (Phi) is 11.0. The van der Waals surface area contributed by atoms with Gasteiger partial charge in [-0.3, -0.25) is 4.79 Å². The first-order valence-corrected chi connectivity index (χ1v) is 5.64. The molecule has 15 heavy (non-hydrogen) atoms. The Morgan fingerprint density at radius 3 is 2.67 bits per heavy atom. The summed E-state index contributed by atoms with van der Waals surface area (Å²) in [4.78, 5) is 11.1. The topological polar surface area (TPSA) is 47.6 Å². The average molecular weight is 217 g/mol. The summed E-state index contributed by atoms with van der Waals surface area (Å²) >= 11 is 0. The van der Waals surface area contributed by atoms with Gasteiger partial charge in [0.05, 0.1) is 13.2 Å². The van der Waals surface area contributed by atoms with Crippen LogP contribution in [0.15, 0.2) is 0 Å². The van der Waals surface area contributed by atoms with E-state index in [0.717, 1.165) is 32.4 Å². The van der Waals surface area contributed by atoms with Crippen molar-refractivity contribution in [1.82, 2.24) is 5.32 Å². The zero-order valence-electron chi connectivity index (χ0n) is 9.88. The molecule has 4 heteroatoms. The summed E-state index contributed by atoms with van der Waals surface area (Å²) in [6.45, 7) is 4.80. The molecule has 1 N–H and O–H groups in total. The standard InChI is InChI=1S/C11H23NO3/c1-3-6-11(13)12-7-4-5-8-15-10-9-14-2/h3-10H2,1-2H3,(H,12,13). The van der Waals surface area contributed by atoms with Gasteiger partial charge in [-0.2, -0.15) is 0 Å². The van der Waals surface area contributed by atoms with Gasteiger partial charge in [-0.25, -0.2) is 0 Å². The number of amides is 1. The summed E-state index contributed by atoms with van der Waals surface area (Å²) in [6.07, 6.45) is 3.49. The lowest BCUT2D eigenvalue weighted by Gasteiger charge is -2.05. The Balaban J connectivity index is 3.01. The SMILES string of the molecule is CCCC(=O)NCCCCOCCOC. The predicted molar refractivity (Wildman–Crippen MR) is 59.8 cm³/mol. The maximum absolute atomic E-state index is 11.1. The highest BCUT2D eigenvalue weighted by atomic mass is 16.5. The molecule has 0 aliphatic rings. The summed E-state index contributed by atoms with van der Waals surface area (Å²) in [5.74, 6) is 0.151. The van der Waals surface area contributed by atoms with Crippen LogP contribution >= 0.6 is 0 Å². The van der Waals surface area contributed by atoms with Crippen molar-refractivity contribution in [3.63, 3.8) is 0 Å². The van der Waals surface area contributed by atoms with Gasteiger partial charge in [0.15, 0.2) is 0 Å². The predicted octanol–water partition coefficient (Wildman–Crippen LogP) is 1.35. The molecule has 0 aromatic rings. The summed E-state index contributed by atoms with van der Waals surface area (Å²) in [7, 11) is 1.66. The van der Waals surface area contributed by atoms with Crippen molar-refractivity contribution in [1.29, 1.82) is 0 Å². The zero-order valence-corrected chi connectivity index (χ0v) is 9.88. The van der Waals surface area contributed by atoms with Gasteiger partial charge in [-0.05, 0) is 19.3 Å². The third-order valence-corrected chi connectivity index (χ3v) is 1.95. The molecule has 0 radical (unpaired) electrons. The van der Waals surface area contributed by atoms with E-state index < -0.39 is 0 Å². The highest BCUT2D eigenvalue weighted by molar-refractivity contribution is 5.75. The minimum Gasteiger partial charge on any atom is -0.382 e. The number of rotatable bonds is 10. The van der Waals surface area contributed by atoms with E-state index >= 15 is 0 Å². The van der Waals surface area contributed by atoms with Crippen LogP contribution in [0.4, 0.5) is 0 Å². The number of carbonyl (C=O) groups is 1. The van der Waals surface area contributed by atoms with E-state index in [1.807, 2.05) is 6.92 Å². The maximum Gasteiger partial charge on any atom is 0.219 e. The fourth-order valence-electron chi connectivity index (χ4n) is 1.12. The molecule has 0 spiro atoms. The third-order valence-electron chi connectivity index (χ3n) is 1.95. The molecule has 90 valence electrons. The molecule has 0 saturated carbocycles. The molecule has 0 rings (SSSR count). The van der Waals surface area contributed by atoms with E-state index in [2.05, 4.69) is 5.32 Å². The lowest BCUT2D eigenvalue weighted by Crippen LogP contribution is -2.24. The summed E-state index contributed by atoms with van der Waals surface area (Å²) in [5.41, 5.74) is 0. The van der Waals surface area contributed by atoms with E-state index in [-0.39, 0.29) is 5.91 Å². The van der Waals surface area contributed by atoms with E-state index in [4.69, 9.17) is 9.47 Å². The lowest BCUT2D eigenvalue weighted by atomic mass is 10.3. The van der Waals surface area contributed by atoms with Crippen molar-refractivity contribution in [2.45, 2.75) is 32.6 Å². The molecule has 0 aromatic heterocycles. The minimum atomic E-state index is 0.151. The number of ether oxygens (including phenoxy) is 2. The highest BCUT2D eigenvalue weighted by Gasteiger charge is 1.97. The number of carbonyl (C=O) groups excluding carboxylic acids is 1. The Morgan fingerprint density at radius 1 is 1.20 bits per heavy atom. The van der Waals surface area contributed by atoms with Crippen LogP contribution in [0.1, 0.15) is 32.6 Å². The smallest absolute Gasteiger partial charge is 0.219 e. The van der Waals surface area contributed by atoms with Gasteiger partial charge < -0.3 is 14.8 Å². The second kappa shape index (κ2) is 11.5. The molecule has 0 heterocycles. The second-order valence-electron chi connectivity index (χ2n) is 3.41. The Bertz CT molecular complexity index is 151. The van der Waals surface area contributed by atoms with Crippen molar-refractivity contribution in [3.05, 3.63) is 0 Å². The van der Waals surface area contributed by atoms with Crippen molar-refractivity contribution in [2.75, 3.05) is 33.5 Å². The van der Waals surface area contributed by atoms with Crippen LogP contribution < -0.4 is 5.32 Å². The summed E-state index contributed by atoms with van der Waals surface area (Å²) < 4.78 is 10.1. The fraction of sp³-hybridized carbons (Fsp3) is 0.909. The van der Waals surface area contributed by atoms with E-state index in [0.29, 0.717) is 19.6 Å². The monoisotopic (exact) mass is 217 g/mol. The van der Waals surface area contributed by atoms with Crippen LogP contribution in [-0.2, 0) is 14.3 Å². The molecule has 0 aliphatic carbocycles. The van der Waals surface area contributed by atoms with Crippen LogP contribution in [-0.4, -0.2) is 39.4 Å². The first kappa shape index (κ1) is 14.4. The number of hydrogen-bond donors (Lipinski definition) is 1. The first-order chi connectivity index (χ1) is 7.31. The molecule has 1 amide bonds. The zero-order chi connectivity index (χ0) is 11.4. The average Bonchev–Trinajstić information content (AvgIpc) is 2.22. The van der Waals surface area contributed by atoms with E-state index in [9.17, 15) is 4.79 Å². The van der Waals surface area contributed by atoms with Crippen molar-refractivity contribution < 1.29 is 14.3 Å². The molecule has 0 fully saturated rings. The van der Waals surface area contributed by atoms with Gasteiger partial charge in [0.25, 0.3) is 0 Å². The molecular weight excluding hydrogens is 194 g/mol. The van der Waals surface area contributed by atoms with Crippen LogP contribution in [0.5, 0.6) is 0 Å². The van der Waals surface area contributed by atoms with Crippen molar-refractivity contribution in [3.8, 4) is 0 Å². The van der Waals surface area contributed by atoms with E-state index in [1.165, 1.54) is 0 Å². The van der Waals surface area contributed by atoms with Gasteiger partial charge in [0, 0.05) is 26.7 Å². The quantitative estimate of drug-likeness (QED) is 0.562. The molecular formula is C11H23NO3. The van der Waals surface area contributed by atoms with Crippen LogP contribution in [0.25, 0.3) is 0 Å². The van der Waals surface area contributed by atoms with E-state index in [1.54, 1.807) is 7.11 Å². The molecule has 4 nitrogen and oxygen atoms in total. The fourth-order valence-corrected chi connectivity index (χ4v) is 1.12. The van der Waals surface area contributed by atoms with Crippen molar-refractivity contribution in [2.24, 2.45) is 0 Å². The first-order valence-electron chi connectivity index (χ1n) is 5.64. The number of hydrogen-bond acceptors (Lipinski definition) is 3. The summed E-state index contributed by atoms with van der Waals surface area (Å²) in [5, 5.41) is 2.87. The van der Waals surface area contributed by atoms with Gasteiger partial charge in [-0.15, -0.1) is 0 Å². The van der Waals surface area contributed by atoms with Crippen LogP contribution in [0, 0.1) is 0 Å².